The van der Waals surface area contributed by atoms with Crippen LogP contribution in [0.5, 0.6) is 0 Å². The summed E-state index contributed by atoms with van der Waals surface area (Å²) in [6.07, 6.45) is 1.24. The molecule has 0 aromatic heterocycles. The maximum absolute atomic E-state index is 11.1. The van der Waals surface area contributed by atoms with E-state index < -0.39 is 9.84 Å². The highest BCUT2D eigenvalue weighted by molar-refractivity contribution is 9.10. The lowest BCUT2D eigenvalue weighted by Gasteiger charge is -2.20. The van der Waals surface area contributed by atoms with Crippen molar-refractivity contribution in [2.24, 2.45) is 0 Å². The Hall–Kier alpha value is -0.260. The summed E-state index contributed by atoms with van der Waals surface area (Å²) in [6, 6.07) is 5.81. The lowest BCUT2D eigenvalue weighted by atomic mass is 10.2. The number of nitrogens with zero attached hydrogens (tertiary/aromatic N) is 1. The van der Waals surface area contributed by atoms with Gasteiger partial charge in [-0.2, -0.15) is 0 Å². The van der Waals surface area contributed by atoms with E-state index in [2.05, 4.69) is 15.9 Å². The lowest BCUT2D eigenvalue weighted by molar-refractivity contribution is 0.601. The van der Waals surface area contributed by atoms with Crippen LogP contribution < -0.4 is 4.90 Å². The van der Waals surface area contributed by atoms with Gasteiger partial charge in [0.2, 0.25) is 0 Å². The van der Waals surface area contributed by atoms with Crippen LogP contribution >= 0.6 is 27.5 Å². The number of sulfone groups is 1. The van der Waals surface area contributed by atoms with Crippen LogP contribution in [0, 0.1) is 0 Å². The third kappa shape index (κ3) is 4.85. The molecule has 0 aliphatic carbocycles. The normalized spacial score (nSPS) is 11.5. The second-order valence-electron chi connectivity index (χ2n) is 3.97. The van der Waals surface area contributed by atoms with Gasteiger partial charge in [0.1, 0.15) is 9.84 Å². The zero-order chi connectivity index (χ0) is 13.1. The molecule has 0 spiro atoms. The number of hydrogen-bond acceptors (Lipinski definition) is 3. The maximum Gasteiger partial charge on any atom is 0.149 e. The third-order valence-electron chi connectivity index (χ3n) is 2.38. The Morgan fingerprint density at radius 2 is 2.06 bits per heavy atom. The average Bonchev–Trinajstić information content (AvgIpc) is 2.24. The van der Waals surface area contributed by atoms with E-state index in [1.807, 2.05) is 30.1 Å². The van der Waals surface area contributed by atoms with Crippen LogP contribution in [-0.2, 0) is 15.7 Å². The third-order valence-corrected chi connectivity index (χ3v) is 4.24. The first kappa shape index (κ1) is 14.8. The molecular formula is C11H15BrClNO2S. The van der Waals surface area contributed by atoms with E-state index in [0.29, 0.717) is 12.4 Å². The van der Waals surface area contributed by atoms with Gasteiger partial charge in [-0.15, -0.1) is 11.6 Å². The van der Waals surface area contributed by atoms with Crippen LogP contribution in [0.3, 0.4) is 0 Å². The molecule has 17 heavy (non-hydrogen) atoms. The fourth-order valence-corrected chi connectivity index (χ4v) is 2.87. The second-order valence-corrected chi connectivity index (χ2v) is 7.35. The van der Waals surface area contributed by atoms with Crippen LogP contribution in [0.15, 0.2) is 22.7 Å². The Balaban J connectivity index is 2.79. The van der Waals surface area contributed by atoms with Crippen molar-refractivity contribution in [3.63, 3.8) is 0 Å². The molecular weight excluding hydrogens is 326 g/mol. The summed E-state index contributed by atoms with van der Waals surface area (Å²) in [7, 11) is -1.06. The van der Waals surface area contributed by atoms with Crippen molar-refractivity contribution in [3.8, 4) is 0 Å². The minimum Gasteiger partial charge on any atom is -0.373 e. The van der Waals surface area contributed by atoms with E-state index in [1.54, 1.807) is 0 Å². The van der Waals surface area contributed by atoms with Crippen molar-refractivity contribution in [1.29, 1.82) is 0 Å². The average molecular weight is 341 g/mol. The first-order valence-electron chi connectivity index (χ1n) is 5.07. The first-order valence-corrected chi connectivity index (χ1v) is 8.45. The van der Waals surface area contributed by atoms with Crippen LogP contribution in [0.25, 0.3) is 0 Å². The molecule has 96 valence electrons. The van der Waals surface area contributed by atoms with Crippen LogP contribution in [0.4, 0.5) is 5.69 Å². The minimum absolute atomic E-state index is 0.146. The quantitative estimate of drug-likeness (QED) is 0.773. The molecule has 0 bridgehead atoms. The van der Waals surface area contributed by atoms with Crippen LogP contribution in [0.1, 0.15) is 5.56 Å². The van der Waals surface area contributed by atoms with E-state index in [1.165, 1.54) is 6.26 Å². The number of anilines is 1. The molecule has 0 atom stereocenters. The summed E-state index contributed by atoms with van der Waals surface area (Å²) in [4.78, 5) is 1.91. The summed E-state index contributed by atoms with van der Waals surface area (Å²) in [6.45, 7) is 0.470. The molecule has 0 saturated carbocycles. The Kier molecular flexibility index (Phi) is 5.28. The molecule has 0 saturated heterocycles. The summed E-state index contributed by atoms with van der Waals surface area (Å²) in [5.74, 6) is 0.610. The Morgan fingerprint density at radius 3 is 2.53 bits per heavy atom. The summed E-state index contributed by atoms with van der Waals surface area (Å²) in [5, 5.41) is 0. The molecule has 1 aromatic rings. The monoisotopic (exact) mass is 339 g/mol. The molecule has 3 nitrogen and oxygen atoms in total. The van der Waals surface area contributed by atoms with E-state index in [0.717, 1.165) is 15.7 Å². The molecule has 0 unspecified atom stereocenters. The van der Waals surface area contributed by atoms with Gasteiger partial charge in [-0.1, -0.05) is 6.07 Å². The maximum atomic E-state index is 11.1. The molecule has 0 amide bonds. The standard InChI is InChI=1S/C11H15BrClNO2S/c1-14(5-6-17(2,15)16)11-4-3-9(8-13)7-10(11)12/h3-4,7H,5-6,8H2,1-2H3. The van der Waals surface area contributed by atoms with E-state index in [-0.39, 0.29) is 5.75 Å². The fourth-order valence-electron chi connectivity index (χ4n) is 1.37. The molecule has 0 fully saturated rings. The molecule has 0 heterocycles. The van der Waals surface area contributed by atoms with Gasteiger partial charge in [-0.3, -0.25) is 0 Å². The molecule has 6 heteroatoms. The predicted molar refractivity (Wildman–Crippen MR) is 76.7 cm³/mol. The van der Waals surface area contributed by atoms with Gasteiger partial charge in [0.25, 0.3) is 0 Å². The lowest BCUT2D eigenvalue weighted by Crippen LogP contribution is -2.25. The zero-order valence-corrected chi connectivity index (χ0v) is 12.9. The fraction of sp³-hybridized carbons (Fsp3) is 0.455. The van der Waals surface area contributed by atoms with Crippen molar-refractivity contribution in [2.45, 2.75) is 5.88 Å². The van der Waals surface area contributed by atoms with Crippen LogP contribution in [-0.4, -0.2) is 34.0 Å². The highest BCUT2D eigenvalue weighted by Crippen LogP contribution is 2.27. The van der Waals surface area contributed by atoms with Gasteiger partial charge in [-0.25, -0.2) is 8.42 Å². The molecule has 1 rings (SSSR count). The van der Waals surface area contributed by atoms with Crippen molar-refractivity contribution < 1.29 is 8.42 Å². The van der Waals surface area contributed by atoms with Gasteiger partial charge in [0.15, 0.2) is 0 Å². The molecule has 1 aromatic carbocycles. The topological polar surface area (TPSA) is 37.4 Å². The van der Waals surface area contributed by atoms with Gasteiger partial charge in [-0.05, 0) is 33.6 Å². The Morgan fingerprint density at radius 1 is 1.41 bits per heavy atom. The number of benzene rings is 1. The summed E-state index contributed by atoms with van der Waals surface area (Å²) >= 11 is 9.20. The molecule has 0 radical (unpaired) electrons. The van der Waals surface area contributed by atoms with Crippen molar-refractivity contribution in [3.05, 3.63) is 28.2 Å². The summed E-state index contributed by atoms with van der Waals surface area (Å²) in [5.41, 5.74) is 1.99. The SMILES string of the molecule is CN(CCS(C)(=O)=O)c1ccc(CCl)cc1Br. The minimum atomic E-state index is -2.93. The van der Waals surface area contributed by atoms with Gasteiger partial charge in [0.05, 0.1) is 11.4 Å². The predicted octanol–water partition coefficient (Wildman–Crippen LogP) is 2.67. The van der Waals surface area contributed by atoms with Crippen molar-refractivity contribution in [2.75, 3.05) is 30.5 Å². The zero-order valence-electron chi connectivity index (χ0n) is 9.78. The van der Waals surface area contributed by atoms with Crippen molar-refractivity contribution in [1.82, 2.24) is 0 Å². The number of hydrogen-bond donors (Lipinski definition) is 0. The van der Waals surface area contributed by atoms with Gasteiger partial charge in [0, 0.05) is 30.2 Å². The number of rotatable bonds is 5. The van der Waals surface area contributed by atoms with Gasteiger partial charge >= 0.3 is 0 Å². The number of alkyl halides is 1. The molecule has 0 aliphatic heterocycles. The Bertz CT molecular complexity index is 490. The number of halogens is 2. The van der Waals surface area contributed by atoms with Crippen LogP contribution in [0.2, 0.25) is 0 Å². The second kappa shape index (κ2) is 6.07. The first-order chi connectivity index (χ1) is 7.83. The summed E-state index contributed by atoms with van der Waals surface area (Å²) < 4.78 is 23.1. The highest BCUT2D eigenvalue weighted by atomic mass is 79.9. The Labute approximate surface area is 116 Å². The van der Waals surface area contributed by atoms with E-state index in [4.69, 9.17) is 11.6 Å². The van der Waals surface area contributed by atoms with Gasteiger partial charge < -0.3 is 4.90 Å². The largest absolute Gasteiger partial charge is 0.373 e. The highest BCUT2D eigenvalue weighted by Gasteiger charge is 2.09. The van der Waals surface area contributed by atoms with E-state index in [9.17, 15) is 8.42 Å². The molecule has 0 N–H and O–H groups in total. The van der Waals surface area contributed by atoms with Crippen molar-refractivity contribution >= 4 is 43.1 Å². The molecule has 0 aliphatic rings. The van der Waals surface area contributed by atoms with E-state index >= 15 is 0 Å². The smallest absolute Gasteiger partial charge is 0.149 e.